The van der Waals surface area contributed by atoms with Gasteiger partial charge >= 0.3 is 6.03 Å². The molecule has 1 heterocycles. The van der Waals surface area contributed by atoms with Gasteiger partial charge in [-0.05, 0) is 38.1 Å². The summed E-state index contributed by atoms with van der Waals surface area (Å²) in [5.41, 5.74) is 2.85. The van der Waals surface area contributed by atoms with E-state index in [9.17, 15) is 14.0 Å². The molecule has 4 rings (SSSR count). The van der Waals surface area contributed by atoms with Crippen LogP contribution in [0.3, 0.4) is 0 Å². The van der Waals surface area contributed by atoms with E-state index in [1.54, 1.807) is 24.0 Å². The van der Waals surface area contributed by atoms with Crippen LogP contribution in [0, 0.1) is 12.7 Å². The largest absolute Gasteiger partial charge is 0.336 e. The maximum atomic E-state index is 13.2. The molecule has 2 aliphatic rings. The number of carbonyl (C=O) groups excluding carboxylic acids is 2. The Hall–Kier alpha value is -2.73. The van der Waals surface area contributed by atoms with Crippen molar-refractivity contribution in [1.82, 2.24) is 4.90 Å². The predicted octanol–water partition coefficient (Wildman–Crippen LogP) is 2.50. The second-order valence-corrected chi connectivity index (χ2v) is 7.82. The summed E-state index contributed by atoms with van der Waals surface area (Å²) in [6.07, 6.45) is 2.17. The predicted molar refractivity (Wildman–Crippen MR) is 104 cm³/mol. The van der Waals surface area contributed by atoms with E-state index in [-0.39, 0.29) is 17.8 Å². The second kappa shape index (κ2) is 7.36. The number of benzene rings is 2. The van der Waals surface area contributed by atoms with Crippen molar-refractivity contribution in [1.29, 1.82) is 0 Å². The molecule has 1 saturated carbocycles. The Kier molecular flexibility index (Phi) is 4.89. The number of nitrogens with one attached hydrogen (secondary N) is 1. The molecule has 5 nitrogen and oxygen atoms in total. The number of imide groups is 1. The van der Waals surface area contributed by atoms with Crippen molar-refractivity contribution in [2.24, 2.45) is 0 Å². The Bertz CT molecular complexity index is 878. The molecule has 1 unspecified atom stereocenters. The number of anilines is 1. The number of quaternary nitrogens is 1. The third kappa shape index (κ3) is 3.64. The van der Waals surface area contributed by atoms with Crippen molar-refractivity contribution < 1.29 is 18.9 Å². The number of halogens is 1. The van der Waals surface area contributed by atoms with Crippen molar-refractivity contribution in [3.63, 3.8) is 0 Å². The van der Waals surface area contributed by atoms with Crippen LogP contribution in [0.5, 0.6) is 0 Å². The summed E-state index contributed by atoms with van der Waals surface area (Å²) in [7, 11) is 0. The van der Waals surface area contributed by atoms with Gasteiger partial charge in [0.15, 0.2) is 6.67 Å². The minimum Gasteiger partial charge on any atom is -0.311 e. The van der Waals surface area contributed by atoms with Crippen LogP contribution in [-0.2, 0) is 11.3 Å². The van der Waals surface area contributed by atoms with E-state index >= 15 is 0 Å². The SMILES string of the molecule is Cc1ccc(N2C(=O)N(C[NH+](Cc3ccc(F)cc3)C3CC3)C(=O)[C@@H]2C)cc1. The van der Waals surface area contributed by atoms with Crippen LogP contribution >= 0.6 is 0 Å². The molecule has 1 N–H and O–H groups in total. The van der Waals surface area contributed by atoms with E-state index in [0.717, 1.165) is 29.7 Å². The highest BCUT2D eigenvalue weighted by Gasteiger charge is 2.46. The number of amides is 3. The average molecular weight is 382 g/mol. The lowest BCUT2D eigenvalue weighted by Crippen LogP contribution is -3.13. The van der Waals surface area contributed by atoms with Gasteiger partial charge in [0.25, 0.3) is 5.91 Å². The van der Waals surface area contributed by atoms with Gasteiger partial charge in [0.1, 0.15) is 18.4 Å². The second-order valence-electron chi connectivity index (χ2n) is 7.82. The summed E-state index contributed by atoms with van der Waals surface area (Å²) in [6.45, 7) is 4.77. The molecule has 0 radical (unpaired) electrons. The molecule has 1 aliphatic carbocycles. The highest BCUT2D eigenvalue weighted by Crippen LogP contribution is 2.26. The maximum absolute atomic E-state index is 13.2. The quantitative estimate of drug-likeness (QED) is 0.781. The van der Waals surface area contributed by atoms with Crippen molar-refractivity contribution >= 4 is 17.6 Å². The van der Waals surface area contributed by atoms with Crippen LogP contribution in [0.1, 0.15) is 30.9 Å². The van der Waals surface area contributed by atoms with Crippen LogP contribution in [0.15, 0.2) is 48.5 Å². The van der Waals surface area contributed by atoms with Gasteiger partial charge in [-0.3, -0.25) is 9.69 Å². The number of rotatable bonds is 6. The Balaban J connectivity index is 1.52. The first-order valence-electron chi connectivity index (χ1n) is 9.74. The van der Waals surface area contributed by atoms with Gasteiger partial charge in [0, 0.05) is 24.1 Å². The van der Waals surface area contributed by atoms with E-state index in [4.69, 9.17) is 0 Å². The summed E-state index contributed by atoms with van der Waals surface area (Å²) in [5.74, 6) is -0.424. The Morgan fingerprint density at radius 2 is 1.68 bits per heavy atom. The van der Waals surface area contributed by atoms with Crippen molar-refractivity contribution in [3.8, 4) is 0 Å². The molecule has 6 heteroatoms. The van der Waals surface area contributed by atoms with Gasteiger partial charge in [-0.25, -0.2) is 14.1 Å². The molecule has 0 aromatic heterocycles. The molecular formula is C22H25FN3O2+. The highest BCUT2D eigenvalue weighted by molar-refractivity contribution is 6.13. The number of urea groups is 1. The number of nitrogens with zero attached hydrogens (tertiary/aromatic N) is 2. The van der Waals surface area contributed by atoms with E-state index in [1.165, 1.54) is 21.9 Å². The normalized spacial score (nSPS) is 20.8. The number of hydrogen-bond donors (Lipinski definition) is 1. The first-order valence-corrected chi connectivity index (χ1v) is 9.74. The summed E-state index contributed by atoms with van der Waals surface area (Å²) < 4.78 is 13.2. The summed E-state index contributed by atoms with van der Waals surface area (Å²) in [6, 6.07) is 13.8. The molecule has 146 valence electrons. The molecule has 2 fully saturated rings. The lowest BCUT2D eigenvalue weighted by atomic mass is 10.2. The van der Waals surface area contributed by atoms with E-state index in [0.29, 0.717) is 19.3 Å². The third-order valence-electron chi connectivity index (χ3n) is 5.62. The minimum atomic E-state index is -0.513. The minimum absolute atomic E-state index is 0.164. The number of aryl methyl sites for hydroxylation is 1. The lowest BCUT2D eigenvalue weighted by Gasteiger charge is -2.24. The zero-order valence-corrected chi connectivity index (χ0v) is 16.2. The third-order valence-corrected chi connectivity index (χ3v) is 5.62. The standard InChI is InChI=1S/C22H24FN3O2/c1-15-3-9-20(10-4-15)26-16(2)21(27)25(22(26)28)14-24(19-11-12-19)13-17-5-7-18(23)8-6-17/h3-10,16,19H,11-14H2,1-2H3/p+1/t16-/m0/s1. The van der Waals surface area contributed by atoms with Crippen molar-refractivity contribution in [2.75, 3.05) is 11.6 Å². The summed E-state index contributed by atoms with van der Waals surface area (Å²) in [5, 5.41) is 0. The number of carbonyl (C=O) groups is 2. The summed E-state index contributed by atoms with van der Waals surface area (Å²) >= 11 is 0. The van der Waals surface area contributed by atoms with Gasteiger partial charge in [0.05, 0.1) is 6.04 Å². The van der Waals surface area contributed by atoms with Gasteiger partial charge in [-0.2, -0.15) is 0 Å². The van der Waals surface area contributed by atoms with E-state index in [1.807, 2.05) is 31.2 Å². The van der Waals surface area contributed by atoms with Crippen molar-refractivity contribution in [3.05, 3.63) is 65.5 Å². The molecule has 0 spiro atoms. The van der Waals surface area contributed by atoms with Gasteiger partial charge < -0.3 is 4.90 Å². The number of hydrogen-bond acceptors (Lipinski definition) is 2. The average Bonchev–Trinajstić information content (AvgIpc) is 3.50. The van der Waals surface area contributed by atoms with Crippen LogP contribution < -0.4 is 9.80 Å². The lowest BCUT2D eigenvalue weighted by molar-refractivity contribution is -0.931. The Labute approximate surface area is 164 Å². The molecule has 2 atom stereocenters. The summed E-state index contributed by atoms with van der Waals surface area (Å²) in [4.78, 5) is 30.0. The fourth-order valence-electron chi connectivity index (χ4n) is 3.80. The zero-order chi connectivity index (χ0) is 19.8. The van der Waals surface area contributed by atoms with Gasteiger partial charge in [-0.15, -0.1) is 0 Å². The molecular weight excluding hydrogens is 357 g/mol. The highest BCUT2D eigenvalue weighted by atomic mass is 19.1. The van der Waals surface area contributed by atoms with Gasteiger partial charge in [0.2, 0.25) is 0 Å². The topological polar surface area (TPSA) is 45.1 Å². The smallest absolute Gasteiger partial charge is 0.311 e. The maximum Gasteiger partial charge on any atom is 0.336 e. The Morgan fingerprint density at radius 3 is 2.29 bits per heavy atom. The van der Waals surface area contributed by atoms with E-state index in [2.05, 4.69) is 0 Å². The van der Waals surface area contributed by atoms with Crippen molar-refractivity contribution in [2.45, 2.75) is 45.3 Å². The van der Waals surface area contributed by atoms with Crippen LogP contribution in [0.25, 0.3) is 0 Å². The van der Waals surface area contributed by atoms with E-state index < -0.39 is 6.04 Å². The fraction of sp³-hybridized carbons (Fsp3) is 0.364. The molecule has 1 aliphatic heterocycles. The van der Waals surface area contributed by atoms with Crippen LogP contribution in [-0.4, -0.2) is 35.6 Å². The first kappa shape index (κ1) is 18.6. The first-order chi connectivity index (χ1) is 13.4. The molecule has 2 aromatic rings. The molecule has 28 heavy (non-hydrogen) atoms. The van der Waals surface area contributed by atoms with Crippen LogP contribution in [0.2, 0.25) is 0 Å². The fourth-order valence-corrected chi connectivity index (χ4v) is 3.80. The zero-order valence-electron chi connectivity index (χ0n) is 16.2. The molecule has 3 amide bonds. The molecule has 0 bridgehead atoms. The monoisotopic (exact) mass is 382 g/mol. The van der Waals surface area contributed by atoms with Gasteiger partial charge in [-0.1, -0.05) is 29.8 Å². The van der Waals surface area contributed by atoms with Crippen LogP contribution in [0.4, 0.5) is 14.9 Å². The molecule has 2 aromatic carbocycles. The Morgan fingerprint density at radius 1 is 1.04 bits per heavy atom. The molecule has 1 saturated heterocycles.